The van der Waals surface area contributed by atoms with Gasteiger partial charge in [0.15, 0.2) is 0 Å². The second-order valence-corrected chi connectivity index (χ2v) is 6.10. The summed E-state index contributed by atoms with van der Waals surface area (Å²) in [6.07, 6.45) is 2.14. The predicted octanol–water partition coefficient (Wildman–Crippen LogP) is 4.58. The minimum absolute atomic E-state index is 0.356. The lowest BCUT2D eigenvalue weighted by Crippen LogP contribution is -2.23. The predicted molar refractivity (Wildman–Crippen MR) is 90.8 cm³/mol. The van der Waals surface area contributed by atoms with Crippen molar-refractivity contribution >= 4 is 22.4 Å². The third kappa shape index (κ3) is 3.31. The Morgan fingerprint density at radius 2 is 1.81 bits per heavy atom. The van der Waals surface area contributed by atoms with Gasteiger partial charge in [-0.2, -0.15) is 4.37 Å². The van der Waals surface area contributed by atoms with Gasteiger partial charge in [-0.05, 0) is 36.1 Å². The molecule has 1 unspecified atom stereocenters. The fraction of sp³-hybridized carbons (Fsp3) is 0.278. The van der Waals surface area contributed by atoms with Gasteiger partial charge in [0.2, 0.25) is 0 Å². The smallest absolute Gasteiger partial charge is 0.0843 e. The number of nitrogens with one attached hydrogen (secondary N) is 1. The van der Waals surface area contributed by atoms with Gasteiger partial charge in [0, 0.05) is 22.7 Å². The molecular weight excluding hydrogens is 276 g/mol. The van der Waals surface area contributed by atoms with Gasteiger partial charge in [0.25, 0.3) is 0 Å². The number of benzene rings is 2. The van der Waals surface area contributed by atoms with E-state index in [2.05, 4.69) is 71.2 Å². The van der Waals surface area contributed by atoms with E-state index in [9.17, 15) is 0 Å². The summed E-state index contributed by atoms with van der Waals surface area (Å²) in [6.45, 7) is 3.24. The van der Waals surface area contributed by atoms with Crippen molar-refractivity contribution in [3.05, 3.63) is 65.0 Å². The quantitative estimate of drug-likeness (QED) is 0.720. The Morgan fingerprint density at radius 3 is 2.62 bits per heavy atom. The summed E-state index contributed by atoms with van der Waals surface area (Å²) in [7, 11) is 0. The Morgan fingerprint density at radius 1 is 1.05 bits per heavy atom. The molecule has 1 N–H and O–H groups in total. The van der Waals surface area contributed by atoms with Crippen molar-refractivity contribution in [1.29, 1.82) is 0 Å². The minimum atomic E-state index is 0.356. The van der Waals surface area contributed by atoms with Crippen molar-refractivity contribution in [2.45, 2.75) is 25.8 Å². The lowest BCUT2D eigenvalue weighted by Gasteiger charge is -2.18. The summed E-state index contributed by atoms with van der Waals surface area (Å²) < 4.78 is 4.56. The highest BCUT2D eigenvalue weighted by atomic mass is 32.1. The van der Waals surface area contributed by atoms with E-state index >= 15 is 0 Å². The van der Waals surface area contributed by atoms with Crippen LogP contribution in [0.15, 0.2) is 54.6 Å². The van der Waals surface area contributed by atoms with Crippen molar-refractivity contribution in [2.75, 3.05) is 6.54 Å². The van der Waals surface area contributed by atoms with Crippen LogP contribution in [0.1, 0.15) is 29.8 Å². The van der Waals surface area contributed by atoms with Crippen LogP contribution in [0.5, 0.6) is 0 Å². The van der Waals surface area contributed by atoms with Gasteiger partial charge in [-0.1, -0.05) is 55.5 Å². The standard InChI is InChI=1S/C18H20N2S/c1-2-12-19-17(14-8-4-3-5-9-14)13-18-15-10-6-7-11-16(15)20-21-18/h3-11,17,19H,2,12-13H2,1H3. The second-order valence-electron chi connectivity index (χ2n) is 5.24. The van der Waals surface area contributed by atoms with Gasteiger partial charge in [0.05, 0.1) is 5.52 Å². The molecule has 1 heterocycles. The molecule has 0 aliphatic rings. The summed E-state index contributed by atoms with van der Waals surface area (Å²) >= 11 is 1.63. The number of nitrogens with zero attached hydrogens (tertiary/aromatic N) is 1. The van der Waals surface area contributed by atoms with Crippen LogP contribution in [0.2, 0.25) is 0 Å². The van der Waals surface area contributed by atoms with Crippen LogP contribution in [-0.4, -0.2) is 10.9 Å². The molecule has 3 aromatic rings. The Balaban J connectivity index is 1.87. The molecule has 3 rings (SSSR count). The zero-order valence-electron chi connectivity index (χ0n) is 12.3. The first-order valence-corrected chi connectivity index (χ1v) is 8.27. The third-order valence-corrected chi connectivity index (χ3v) is 4.59. The van der Waals surface area contributed by atoms with Gasteiger partial charge >= 0.3 is 0 Å². The van der Waals surface area contributed by atoms with Crippen molar-refractivity contribution in [2.24, 2.45) is 0 Å². The molecule has 108 valence electrons. The average molecular weight is 296 g/mol. The first kappa shape index (κ1) is 14.2. The molecule has 0 aliphatic carbocycles. The molecule has 3 heteroatoms. The summed E-state index contributed by atoms with van der Waals surface area (Å²) in [5, 5.41) is 4.96. The van der Waals surface area contributed by atoms with Gasteiger partial charge in [-0.25, -0.2) is 0 Å². The minimum Gasteiger partial charge on any atom is -0.310 e. The Bertz CT molecular complexity index is 691. The zero-order chi connectivity index (χ0) is 14.5. The van der Waals surface area contributed by atoms with Crippen LogP contribution >= 0.6 is 11.5 Å². The third-order valence-electron chi connectivity index (χ3n) is 3.69. The number of aromatic nitrogens is 1. The molecule has 0 saturated heterocycles. The van der Waals surface area contributed by atoms with Crippen molar-refractivity contribution in [1.82, 2.24) is 9.69 Å². The van der Waals surface area contributed by atoms with Crippen molar-refractivity contribution in [3.8, 4) is 0 Å². The molecule has 0 saturated carbocycles. The summed E-state index contributed by atoms with van der Waals surface area (Å²) in [4.78, 5) is 1.36. The zero-order valence-corrected chi connectivity index (χ0v) is 13.1. The maximum atomic E-state index is 4.56. The van der Waals surface area contributed by atoms with E-state index < -0.39 is 0 Å². The lowest BCUT2D eigenvalue weighted by molar-refractivity contribution is 0.533. The molecule has 21 heavy (non-hydrogen) atoms. The van der Waals surface area contributed by atoms with Crippen LogP contribution in [-0.2, 0) is 6.42 Å². The molecule has 1 atom stereocenters. The van der Waals surface area contributed by atoms with E-state index in [-0.39, 0.29) is 0 Å². The van der Waals surface area contributed by atoms with Crippen LogP contribution in [0.3, 0.4) is 0 Å². The van der Waals surface area contributed by atoms with E-state index in [1.54, 1.807) is 11.5 Å². The van der Waals surface area contributed by atoms with Crippen molar-refractivity contribution < 1.29 is 0 Å². The van der Waals surface area contributed by atoms with E-state index in [0.29, 0.717) is 6.04 Å². The van der Waals surface area contributed by atoms with Gasteiger partial charge in [-0.15, -0.1) is 0 Å². The average Bonchev–Trinajstić information content (AvgIpc) is 2.95. The highest BCUT2D eigenvalue weighted by molar-refractivity contribution is 7.07. The highest BCUT2D eigenvalue weighted by Crippen LogP contribution is 2.27. The molecular formula is C18H20N2S. The van der Waals surface area contributed by atoms with Crippen LogP contribution in [0, 0.1) is 0 Å². The second kappa shape index (κ2) is 6.83. The molecule has 0 amide bonds. The molecule has 2 nitrogen and oxygen atoms in total. The lowest BCUT2D eigenvalue weighted by atomic mass is 10.0. The highest BCUT2D eigenvalue weighted by Gasteiger charge is 2.14. The van der Waals surface area contributed by atoms with Gasteiger partial charge < -0.3 is 5.32 Å². The molecule has 0 fully saturated rings. The number of hydrogen-bond acceptors (Lipinski definition) is 3. The first-order chi connectivity index (χ1) is 10.4. The van der Waals surface area contributed by atoms with E-state index in [1.165, 1.54) is 15.8 Å². The number of hydrogen-bond donors (Lipinski definition) is 1. The van der Waals surface area contributed by atoms with Crippen LogP contribution in [0.4, 0.5) is 0 Å². The topological polar surface area (TPSA) is 24.9 Å². The summed E-state index contributed by atoms with van der Waals surface area (Å²) in [5.41, 5.74) is 2.46. The Kier molecular flexibility index (Phi) is 4.63. The van der Waals surface area contributed by atoms with Crippen molar-refractivity contribution in [3.63, 3.8) is 0 Å². The largest absolute Gasteiger partial charge is 0.310 e. The SMILES string of the molecule is CCCNC(Cc1snc2ccccc12)c1ccccc1. The maximum Gasteiger partial charge on any atom is 0.0843 e. The molecule has 0 bridgehead atoms. The van der Waals surface area contributed by atoms with E-state index in [0.717, 1.165) is 24.9 Å². The first-order valence-electron chi connectivity index (χ1n) is 7.50. The molecule has 1 aromatic heterocycles. The Labute approximate surface area is 130 Å². The van der Waals surface area contributed by atoms with Gasteiger partial charge in [0.1, 0.15) is 0 Å². The van der Waals surface area contributed by atoms with E-state index in [4.69, 9.17) is 0 Å². The number of rotatable bonds is 6. The van der Waals surface area contributed by atoms with Crippen LogP contribution < -0.4 is 5.32 Å². The van der Waals surface area contributed by atoms with Gasteiger partial charge in [-0.3, -0.25) is 0 Å². The number of fused-ring (bicyclic) bond motifs is 1. The molecule has 0 radical (unpaired) electrons. The van der Waals surface area contributed by atoms with Crippen LogP contribution in [0.25, 0.3) is 10.9 Å². The fourth-order valence-corrected chi connectivity index (χ4v) is 3.47. The molecule has 0 aliphatic heterocycles. The fourth-order valence-electron chi connectivity index (χ4n) is 2.59. The normalized spacial score (nSPS) is 12.6. The monoisotopic (exact) mass is 296 g/mol. The molecule has 0 spiro atoms. The molecule has 2 aromatic carbocycles. The maximum absolute atomic E-state index is 4.56. The van der Waals surface area contributed by atoms with E-state index in [1.807, 2.05) is 0 Å². The summed E-state index contributed by atoms with van der Waals surface area (Å²) in [6, 6.07) is 19.5. The Hall–Kier alpha value is -1.71. The summed E-state index contributed by atoms with van der Waals surface area (Å²) in [5.74, 6) is 0.